The van der Waals surface area contributed by atoms with Crippen molar-refractivity contribution in [1.82, 2.24) is 25.1 Å². The van der Waals surface area contributed by atoms with Gasteiger partial charge in [-0.15, -0.1) is 5.10 Å². The molecule has 7 nitrogen and oxygen atoms in total. The fourth-order valence-electron chi connectivity index (χ4n) is 3.49. The van der Waals surface area contributed by atoms with Crippen LogP contribution in [0.5, 0.6) is 5.75 Å². The lowest BCUT2D eigenvalue weighted by Crippen LogP contribution is -2.31. The number of aromatic nitrogens is 4. The van der Waals surface area contributed by atoms with Gasteiger partial charge in [-0.05, 0) is 60.0 Å². The molecule has 4 rings (SSSR count). The third-order valence-corrected chi connectivity index (χ3v) is 4.84. The number of carbonyl (C=O) groups is 1. The second-order valence-electron chi connectivity index (χ2n) is 6.55. The zero-order valence-electron chi connectivity index (χ0n) is 14.7. The molecule has 0 saturated carbocycles. The molecule has 138 valence electrons. The zero-order valence-corrected chi connectivity index (χ0v) is 14.7. The monoisotopic (exact) mass is 367 g/mol. The molecular weight excluding hydrogens is 349 g/mol. The Kier molecular flexibility index (Phi) is 4.31. The van der Waals surface area contributed by atoms with E-state index in [4.69, 9.17) is 0 Å². The number of amides is 1. The first-order valence-electron chi connectivity index (χ1n) is 8.69. The Morgan fingerprint density at radius 1 is 1.22 bits per heavy atom. The molecule has 0 bridgehead atoms. The average molecular weight is 367 g/mol. The van der Waals surface area contributed by atoms with Crippen LogP contribution in [0.15, 0.2) is 42.5 Å². The lowest BCUT2D eigenvalue weighted by molar-refractivity contribution is 0.0731. The number of tetrazole rings is 1. The Labute approximate surface area is 155 Å². The Bertz CT molecular complexity index is 986. The van der Waals surface area contributed by atoms with Gasteiger partial charge in [-0.2, -0.15) is 4.68 Å². The van der Waals surface area contributed by atoms with E-state index in [0.29, 0.717) is 18.1 Å². The van der Waals surface area contributed by atoms with E-state index in [-0.39, 0.29) is 23.3 Å². The molecule has 1 amide bonds. The summed E-state index contributed by atoms with van der Waals surface area (Å²) in [5.74, 6) is -0.249. The summed E-state index contributed by atoms with van der Waals surface area (Å²) in [5.41, 5.74) is 1.42. The van der Waals surface area contributed by atoms with Gasteiger partial charge in [0, 0.05) is 12.6 Å². The van der Waals surface area contributed by atoms with Gasteiger partial charge in [0.25, 0.3) is 5.91 Å². The van der Waals surface area contributed by atoms with Crippen molar-refractivity contribution in [2.24, 2.45) is 0 Å². The fraction of sp³-hybridized carbons (Fsp3) is 0.263. The standard InChI is InChI=1S/C19H18FN5O2/c1-12-21-22-23-25(12)14-6-9-16(17(20)11-14)19(27)24-10-2-3-18(24)13-4-7-15(26)8-5-13/h4-9,11,18,26H,2-3,10H2,1H3. The molecular formula is C19H18FN5O2. The number of aryl methyl sites for hydroxylation is 1. The number of hydrogen-bond acceptors (Lipinski definition) is 5. The number of nitrogens with zero attached hydrogens (tertiary/aromatic N) is 5. The lowest BCUT2D eigenvalue weighted by Gasteiger charge is -2.25. The van der Waals surface area contributed by atoms with E-state index in [1.54, 1.807) is 42.2 Å². The van der Waals surface area contributed by atoms with Crippen LogP contribution in [-0.2, 0) is 0 Å². The van der Waals surface area contributed by atoms with E-state index in [0.717, 1.165) is 18.4 Å². The molecule has 1 saturated heterocycles. The van der Waals surface area contributed by atoms with Crippen LogP contribution < -0.4 is 0 Å². The van der Waals surface area contributed by atoms with E-state index in [1.807, 2.05) is 0 Å². The van der Waals surface area contributed by atoms with Gasteiger partial charge >= 0.3 is 0 Å². The summed E-state index contributed by atoms with van der Waals surface area (Å²) < 4.78 is 16.1. The Balaban J connectivity index is 1.62. The summed E-state index contributed by atoms with van der Waals surface area (Å²) in [6.07, 6.45) is 1.65. The van der Waals surface area contributed by atoms with E-state index in [1.165, 1.54) is 16.8 Å². The highest BCUT2D eigenvalue weighted by molar-refractivity contribution is 5.95. The molecule has 0 spiro atoms. The van der Waals surface area contributed by atoms with Crippen LogP contribution in [0.1, 0.15) is 40.6 Å². The van der Waals surface area contributed by atoms with Crippen molar-refractivity contribution in [3.8, 4) is 11.4 Å². The minimum atomic E-state index is -0.608. The van der Waals surface area contributed by atoms with Gasteiger partial charge in [0.05, 0.1) is 17.3 Å². The molecule has 2 aromatic carbocycles. The zero-order chi connectivity index (χ0) is 19.0. The van der Waals surface area contributed by atoms with Crippen molar-refractivity contribution < 1.29 is 14.3 Å². The number of benzene rings is 2. The maximum Gasteiger partial charge on any atom is 0.257 e. The minimum Gasteiger partial charge on any atom is -0.508 e. The largest absolute Gasteiger partial charge is 0.508 e. The molecule has 2 heterocycles. The SMILES string of the molecule is Cc1nnnn1-c1ccc(C(=O)N2CCCC2c2ccc(O)cc2)c(F)c1. The lowest BCUT2D eigenvalue weighted by atomic mass is 10.0. The summed E-state index contributed by atoms with van der Waals surface area (Å²) in [5, 5.41) is 20.6. The van der Waals surface area contributed by atoms with Gasteiger partial charge in [0.1, 0.15) is 11.6 Å². The first-order chi connectivity index (χ1) is 13.0. The highest BCUT2D eigenvalue weighted by atomic mass is 19.1. The third-order valence-electron chi connectivity index (χ3n) is 4.84. The first-order valence-corrected chi connectivity index (χ1v) is 8.69. The third kappa shape index (κ3) is 3.14. The molecule has 1 aromatic heterocycles. The van der Waals surface area contributed by atoms with Crippen molar-refractivity contribution >= 4 is 5.91 Å². The number of halogens is 1. The molecule has 1 aliphatic rings. The number of hydrogen-bond donors (Lipinski definition) is 1. The van der Waals surface area contributed by atoms with Gasteiger partial charge in [-0.1, -0.05) is 12.1 Å². The smallest absolute Gasteiger partial charge is 0.257 e. The number of rotatable bonds is 3. The molecule has 0 aliphatic carbocycles. The van der Waals surface area contributed by atoms with Crippen molar-refractivity contribution in [2.45, 2.75) is 25.8 Å². The van der Waals surface area contributed by atoms with Crippen LogP contribution >= 0.6 is 0 Å². The molecule has 1 aliphatic heterocycles. The number of aromatic hydroxyl groups is 1. The van der Waals surface area contributed by atoms with Crippen LogP contribution in [0, 0.1) is 12.7 Å². The normalized spacial score (nSPS) is 16.7. The predicted molar refractivity (Wildman–Crippen MR) is 95.0 cm³/mol. The average Bonchev–Trinajstić information content (AvgIpc) is 3.31. The molecule has 1 N–H and O–H groups in total. The van der Waals surface area contributed by atoms with Gasteiger partial charge in [0.2, 0.25) is 0 Å². The van der Waals surface area contributed by atoms with E-state index < -0.39 is 5.82 Å². The molecule has 1 atom stereocenters. The Morgan fingerprint density at radius 2 is 2.00 bits per heavy atom. The molecule has 3 aromatic rings. The van der Waals surface area contributed by atoms with Crippen molar-refractivity contribution in [1.29, 1.82) is 0 Å². The van der Waals surface area contributed by atoms with E-state index in [2.05, 4.69) is 15.5 Å². The van der Waals surface area contributed by atoms with Crippen LogP contribution in [0.25, 0.3) is 5.69 Å². The first kappa shape index (κ1) is 17.1. The van der Waals surface area contributed by atoms with Crippen LogP contribution in [-0.4, -0.2) is 42.7 Å². The number of likely N-dealkylation sites (tertiary alicyclic amines) is 1. The molecule has 1 fully saturated rings. The summed E-state index contributed by atoms with van der Waals surface area (Å²) >= 11 is 0. The topological polar surface area (TPSA) is 84.1 Å². The summed E-state index contributed by atoms with van der Waals surface area (Å²) in [7, 11) is 0. The van der Waals surface area contributed by atoms with Crippen molar-refractivity contribution in [2.75, 3.05) is 6.54 Å². The van der Waals surface area contributed by atoms with Gasteiger partial charge in [-0.25, -0.2) is 4.39 Å². The molecule has 1 unspecified atom stereocenters. The summed E-state index contributed by atoms with van der Waals surface area (Å²) in [6.45, 7) is 2.28. The fourth-order valence-corrected chi connectivity index (χ4v) is 3.49. The van der Waals surface area contributed by atoms with Crippen LogP contribution in [0.2, 0.25) is 0 Å². The van der Waals surface area contributed by atoms with Crippen molar-refractivity contribution in [3.05, 3.63) is 65.2 Å². The van der Waals surface area contributed by atoms with Crippen molar-refractivity contribution in [3.63, 3.8) is 0 Å². The molecule has 27 heavy (non-hydrogen) atoms. The summed E-state index contributed by atoms with van der Waals surface area (Å²) in [6, 6.07) is 11.0. The summed E-state index contributed by atoms with van der Waals surface area (Å²) in [4.78, 5) is 14.7. The van der Waals surface area contributed by atoms with E-state index >= 15 is 0 Å². The van der Waals surface area contributed by atoms with Crippen LogP contribution in [0.4, 0.5) is 4.39 Å². The predicted octanol–water partition coefficient (Wildman–Crippen LogP) is 2.79. The van der Waals surface area contributed by atoms with Gasteiger partial charge in [-0.3, -0.25) is 4.79 Å². The molecule has 0 radical (unpaired) electrons. The van der Waals surface area contributed by atoms with Gasteiger partial charge < -0.3 is 10.0 Å². The van der Waals surface area contributed by atoms with E-state index in [9.17, 15) is 14.3 Å². The minimum absolute atomic E-state index is 0.0233. The van der Waals surface area contributed by atoms with Gasteiger partial charge in [0.15, 0.2) is 5.82 Å². The Hall–Kier alpha value is -3.29. The quantitative estimate of drug-likeness (QED) is 0.770. The Morgan fingerprint density at radius 3 is 2.67 bits per heavy atom. The number of carbonyl (C=O) groups excluding carboxylic acids is 1. The molecule has 8 heteroatoms. The second-order valence-corrected chi connectivity index (χ2v) is 6.55. The number of phenols is 1. The second kappa shape index (κ2) is 6.79. The number of phenolic OH excluding ortho intramolecular Hbond substituents is 1. The maximum absolute atomic E-state index is 14.7. The van der Waals surface area contributed by atoms with Crippen LogP contribution in [0.3, 0.4) is 0 Å². The highest BCUT2D eigenvalue weighted by Crippen LogP contribution is 2.34. The maximum atomic E-state index is 14.7. The highest BCUT2D eigenvalue weighted by Gasteiger charge is 2.31.